The standard InChI is InChI=1S/C15H22N2OS/c1-13(14-9-5-3-6-10-14)16(15(18)19)17(2)11-7-4-8-12-17/h3,5-6,9-10,13H,4,7-8,11-12H2,1-2H3/p+1/t13-/m0/s1. The van der Waals surface area contributed by atoms with Gasteiger partial charge in [0.25, 0.3) is 0 Å². The lowest BCUT2D eigenvalue weighted by Crippen LogP contribution is -2.61. The molecule has 1 aliphatic heterocycles. The van der Waals surface area contributed by atoms with Crippen molar-refractivity contribution in [3.05, 3.63) is 35.9 Å². The minimum absolute atomic E-state index is 0.0503. The molecule has 3 nitrogen and oxygen atoms in total. The van der Waals surface area contributed by atoms with E-state index >= 15 is 0 Å². The van der Waals surface area contributed by atoms with Crippen LogP contribution in [0.25, 0.3) is 0 Å². The lowest BCUT2D eigenvalue weighted by atomic mass is 10.1. The number of piperidine rings is 1. The SMILES string of the molecule is C[C@@H](c1ccccc1)N(C(=O)S)[N+]1(C)CCCCC1. The van der Waals surface area contributed by atoms with Gasteiger partial charge in [-0.2, -0.15) is 5.01 Å². The van der Waals surface area contributed by atoms with Crippen molar-refractivity contribution in [1.29, 1.82) is 0 Å². The zero-order valence-corrected chi connectivity index (χ0v) is 12.6. The van der Waals surface area contributed by atoms with Crippen molar-refractivity contribution >= 4 is 17.9 Å². The third-order valence-corrected chi connectivity index (χ3v) is 4.35. The number of likely N-dealkylation sites (tertiary alicyclic amines) is 1. The summed E-state index contributed by atoms with van der Waals surface area (Å²) in [5, 5.41) is 1.78. The van der Waals surface area contributed by atoms with E-state index in [0.29, 0.717) is 4.59 Å². The van der Waals surface area contributed by atoms with Crippen molar-refractivity contribution in [2.75, 3.05) is 20.1 Å². The topological polar surface area (TPSA) is 20.3 Å². The molecular weight excluding hydrogens is 256 g/mol. The highest BCUT2D eigenvalue weighted by Gasteiger charge is 2.38. The molecule has 1 fully saturated rings. The summed E-state index contributed by atoms with van der Waals surface area (Å²) in [5.41, 5.74) is 1.16. The second kappa shape index (κ2) is 5.97. The Bertz CT molecular complexity index is 429. The molecule has 0 aromatic heterocycles. The number of hydrogen-bond donors (Lipinski definition) is 1. The molecule has 0 bridgehead atoms. The van der Waals surface area contributed by atoms with Gasteiger partial charge in [-0.25, -0.2) is 4.59 Å². The lowest BCUT2D eigenvalue weighted by molar-refractivity contribution is -1.01. The van der Waals surface area contributed by atoms with Crippen LogP contribution in [-0.2, 0) is 0 Å². The molecule has 0 saturated carbocycles. The van der Waals surface area contributed by atoms with E-state index in [9.17, 15) is 4.79 Å². The highest BCUT2D eigenvalue weighted by molar-refractivity contribution is 7.96. The summed E-state index contributed by atoms with van der Waals surface area (Å²) < 4.78 is 0.679. The first kappa shape index (κ1) is 14.4. The number of hydrogen-bond acceptors (Lipinski definition) is 1. The maximum Gasteiger partial charge on any atom is 0.323 e. The molecule has 1 amide bonds. The highest BCUT2D eigenvalue weighted by atomic mass is 32.1. The van der Waals surface area contributed by atoms with E-state index in [2.05, 4.69) is 38.7 Å². The van der Waals surface area contributed by atoms with Crippen LogP contribution in [-0.4, -0.2) is 35.0 Å². The molecule has 1 heterocycles. The molecule has 1 aromatic carbocycles. The number of rotatable bonds is 3. The van der Waals surface area contributed by atoms with E-state index in [-0.39, 0.29) is 11.3 Å². The van der Waals surface area contributed by atoms with E-state index < -0.39 is 0 Å². The smallest absolute Gasteiger partial charge is 0.257 e. The summed E-state index contributed by atoms with van der Waals surface area (Å²) in [5.74, 6) is 0. The van der Waals surface area contributed by atoms with E-state index in [4.69, 9.17) is 0 Å². The van der Waals surface area contributed by atoms with Crippen LogP contribution in [0.5, 0.6) is 0 Å². The van der Waals surface area contributed by atoms with Crippen LogP contribution in [0.15, 0.2) is 30.3 Å². The summed E-state index contributed by atoms with van der Waals surface area (Å²) in [6.07, 6.45) is 3.62. The Hall–Kier alpha value is -1.000. The van der Waals surface area contributed by atoms with Crippen molar-refractivity contribution in [2.45, 2.75) is 32.2 Å². The molecule has 1 aromatic rings. The number of amides is 1. The quantitative estimate of drug-likeness (QED) is 0.661. The van der Waals surface area contributed by atoms with Crippen LogP contribution in [0.2, 0.25) is 0 Å². The fourth-order valence-corrected chi connectivity index (χ4v) is 3.46. The van der Waals surface area contributed by atoms with Crippen LogP contribution in [0.3, 0.4) is 0 Å². The molecule has 1 atom stereocenters. The van der Waals surface area contributed by atoms with Crippen LogP contribution in [0.4, 0.5) is 4.79 Å². The summed E-state index contributed by atoms with van der Waals surface area (Å²) in [6, 6.07) is 10.2. The van der Waals surface area contributed by atoms with Crippen molar-refractivity contribution in [2.24, 2.45) is 0 Å². The second-order valence-electron chi connectivity index (χ2n) is 5.56. The maximum atomic E-state index is 12.0. The Morgan fingerprint density at radius 3 is 2.32 bits per heavy atom. The number of carbonyl (C=O) groups excluding carboxylic acids is 1. The Morgan fingerprint density at radius 1 is 1.21 bits per heavy atom. The van der Waals surface area contributed by atoms with Gasteiger partial charge in [-0.3, -0.25) is 4.79 Å². The number of carbonyl (C=O) groups is 1. The van der Waals surface area contributed by atoms with Crippen LogP contribution < -0.4 is 0 Å². The Kier molecular flexibility index (Phi) is 4.53. The third-order valence-electron chi connectivity index (χ3n) is 4.14. The van der Waals surface area contributed by atoms with E-state index in [1.165, 1.54) is 19.3 Å². The van der Waals surface area contributed by atoms with Gasteiger partial charge in [-0.15, -0.1) is 0 Å². The largest absolute Gasteiger partial charge is 0.323 e. The molecule has 1 saturated heterocycles. The van der Waals surface area contributed by atoms with Gasteiger partial charge < -0.3 is 0 Å². The summed E-state index contributed by atoms with van der Waals surface area (Å²) in [7, 11) is 2.15. The molecule has 0 radical (unpaired) electrons. The van der Waals surface area contributed by atoms with Gasteiger partial charge in [-0.05, 0) is 31.7 Å². The molecule has 19 heavy (non-hydrogen) atoms. The van der Waals surface area contributed by atoms with Gasteiger partial charge in [0.1, 0.15) is 19.1 Å². The van der Waals surface area contributed by atoms with E-state index in [0.717, 1.165) is 18.7 Å². The zero-order valence-electron chi connectivity index (χ0n) is 11.7. The number of benzene rings is 1. The molecule has 2 rings (SSSR count). The summed E-state index contributed by atoms with van der Waals surface area (Å²) in [6.45, 7) is 4.12. The predicted octanol–water partition coefficient (Wildman–Crippen LogP) is 3.64. The zero-order chi connectivity index (χ0) is 13.9. The minimum Gasteiger partial charge on any atom is -0.257 e. The van der Waals surface area contributed by atoms with Gasteiger partial charge in [0, 0.05) is 0 Å². The second-order valence-corrected chi connectivity index (χ2v) is 5.94. The summed E-state index contributed by atoms with van der Waals surface area (Å²) >= 11 is 4.12. The van der Waals surface area contributed by atoms with Crippen molar-refractivity contribution in [1.82, 2.24) is 5.01 Å². The van der Waals surface area contributed by atoms with Crippen LogP contribution >= 0.6 is 12.6 Å². The number of thiol groups is 1. The molecule has 0 spiro atoms. The predicted molar refractivity (Wildman–Crippen MR) is 80.8 cm³/mol. The monoisotopic (exact) mass is 279 g/mol. The van der Waals surface area contributed by atoms with Crippen molar-refractivity contribution in [3.8, 4) is 0 Å². The van der Waals surface area contributed by atoms with Crippen molar-refractivity contribution in [3.63, 3.8) is 0 Å². The van der Waals surface area contributed by atoms with Crippen molar-refractivity contribution < 1.29 is 9.39 Å². The fraction of sp³-hybridized carbons (Fsp3) is 0.533. The molecule has 0 aliphatic carbocycles. The minimum atomic E-state index is -0.138. The molecular formula is C15H23N2OS+. The van der Waals surface area contributed by atoms with Gasteiger partial charge >= 0.3 is 5.24 Å². The average Bonchev–Trinajstić information content (AvgIpc) is 2.40. The van der Waals surface area contributed by atoms with Gasteiger partial charge in [0.05, 0.1) is 7.05 Å². The van der Waals surface area contributed by atoms with E-state index in [1.54, 1.807) is 0 Å². The number of nitrogens with zero attached hydrogens (tertiary/aromatic N) is 2. The molecule has 0 unspecified atom stereocenters. The Labute approximate surface area is 121 Å². The average molecular weight is 279 g/mol. The molecule has 4 heteroatoms. The van der Waals surface area contributed by atoms with Gasteiger partial charge in [0.2, 0.25) is 0 Å². The Morgan fingerprint density at radius 2 is 1.79 bits per heavy atom. The molecule has 104 valence electrons. The first-order valence-corrected chi connectivity index (χ1v) is 7.41. The Balaban J connectivity index is 2.27. The van der Waals surface area contributed by atoms with E-state index in [1.807, 2.05) is 23.2 Å². The lowest BCUT2D eigenvalue weighted by Gasteiger charge is -2.46. The highest BCUT2D eigenvalue weighted by Crippen LogP contribution is 2.30. The van der Waals surface area contributed by atoms with Gasteiger partial charge in [0.15, 0.2) is 0 Å². The summed E-state index contributed by atoms with van der Waals surface area (Å²) in [4.78, 5) is 12.0. The normalized spacial score (nSPS) is 19.7. The van der Waals surface area contributed by atoms with Gasteiger partial charge in [-0.1, -0.05) is 43.0 Å². The van der Waals surface area contributed by atoms with Crippen LogP contribution in [0, 0.1) is 0 Å². The van der Waals surface area contributed by atoms with Crippen LogP contribution in [0.1, 0.15) is 37.8 Å². The number of quaternary nitrogens is 1. The first-order valence-electron chi connectivity index (χ1n) is 6.97. The maximum absolute atomic E-state index is 12.0. The molecule has 0 N–H and O–H groups in total. The fourth-order valence-electron chi connectivity index (χ4n) is 3.07. The first-order chi connectivity index (χ1) is 9.04. The molecule has 1 aliphatic rings. The third kappa shape index (κ3) is 3.12.